The minimum atomic E-state index is -0.513. The Morgan fingerprint density at radius 1 is 1.52 bits per heavy atom. The predicted octanol–water partition coefficient (Wildman–Crippen LogP) is 1.45. The zero-order chi connectivity index (χ0) is 17.0. The molecule has 0 aromatic carbocycles. The summed E-state index contributed by atoms with van der Waals surface area (Å²) in [4.78, 5) is 27.7. The molecule has 1 saturated heterocycles. The van der Waals surface area contributed by atoms with Gasteiger partial charge in [-0.3, -0.25) is 9.36 Å². The lowest BCUT2D eigenvalue weighted by atomic mass is 10.1. The van der Waals surface area contributed by atoms with Crippen molar-refractivity contribution in [3.05, 3.63) is 34.9 Å². The van der Waals surface area contributed by atoms with E-state index < -0.39 is 18.0 Å². The van der Waals surface area contributed by atoms with E-state index in [0.717, 1.165) is 0 Å². The first kappa shape index (κ1) is 17.4. The maximum atomic E-state index is 12.1. The standard InChI is InChI=1S/C16H23N3O4/c1-10(2)4-6-14(21)17-13-8-9-19(16(22)18-13)15-7-5-12(20)11(3)23-15/h4,6,8-12,15,20H,5,7H2,1-3H3,(H,17,18,21,22)/t11-,12+,15-/m1/s1. The first-order valence-electron chi connectivity index (χ1n) is 7.78. The Kier molecular flexibility index (Phi) is 5.68. The number of aliphatic hydroxyl groups is 1. The van der Waals surface area contributed by atoms with Crippen molar-refractivity contribution < 1.29 is 14.6 Å². The quantitative estimate of drug-likeness (QED) is 0.819. The van der Waals surface area contributed by atoms with Gasteiger partial charge in [-0.1, -0.05) is 19.9 Å². The van der Waals surface area contributed by atoms with Crippen LogP contribution in [0.1, 0.15) is 39.8 Å². The Bertz CT molecular complexity index is 638. The van der Waals surface area contributed by atoms with Gasteiger partial charge in [-0.15, -0.1) is 0 Å². The van der Waals surface area contributed by atoms with Crippen molar-refractivity contribution in [3.63, 3.8) is 0 Å². The van der Waals surface area contributed by atoms with Crippen LogP contribution < -0.4 is 11.0 Å². The van der Waals surface area contributed by atoms with Gasteiger partial charge < -0.3 is 15.2 Å². The number of aromatic nitrogens is 2. The Hall–Kier alpha value is -1.99. The highest BCUT2D eigenvalue weighted by molar-refractivity contribution is 5.98. The van der Waals surface area contributed by atoms with E-state index in [2.05, 4.69) is 10.3 Å². The van der Waals surface area contributed by atoms with Crippen molar-refractivity contribution in [2.45, 2.75) is 52.0 Å². The number of anilines is 1. The molecule has 7 heteroatoms. The Labute approximate surface area is 135 Å². The summed E-state index contributed by atoms with van der Waals surface area (Å²) in [5.74, 6) is 0.144. The van der Waals surface area contributed by atoms with E-state index in [9.17, 15) is 14.7 Å². The Morgan fingerprint density at radius 2 is 2.26 bits per heavy atom. The molecule has 23 heavy (non-hydrogen) atoms. The third-order valence-electron chi connectivity index (χ3n) is 3.65. The molecule has 1 aliphatic rings. The van der Waals surface area contributed by atoms with Crippen molar-refractivity contribution in [1.82, 2.24) is 9.55 Å². The topological polar surface area (TPSA) is 93.5 Å². The van der Waals surface area contributed by atoms with Crippen molar-refractivity contribution in [1.29, 1.82) is 0 Å². The molecule has 0 saturated carbocycles. The molecule has 0 bridgehead atoms. The van der Waals surface area contributed by atoms with Crippen LogP contribution in [0, 0.1) is 5.92 Å². The molecule has 2 heterocycles. The Morgan fingerprint density at radius 3 is 2.87 bits per heavy atom. The highest BCUT2D eigenvalue weighted by atomic mass is 16.5. The zero-order valence-corrected chi connectivity index (χ0v) is 13.6. The number of allylic oxidation sites excluding steroid dienone is 1. The molecule has 2 rings (SSSR count). The molecular formula is C16H23N3O4. The van der Waals surface area contributed by atoms with E-state index in [1.54, 1.807) is 25.3 Å². The van der Waals surface area contributed by atoms with E-state index in [1.807, 2.05) is 13.8 Å². The summed E-state index contributed by atoms with van der Waals surface area (Å²) in [7, 11) is 0. The molecule has 126 valence electrons. The lowest BCUT2D eigenvalue weighted by Crippen LogP contribution is -2.39. The predicted molar refractivity (Wildman–Crippen MR) is 85.9 cm³/mol. The summed E-state index contributed by atoms with van der Waals surface area (Å²) in [5, 5.41) is 12.2. The second-order valence-corrected chi connectivity index (χ2v) is 6.04. The smallest absolute Gasteiger partial charge is 0.351 e. The summed E-state index contributed by atoms with van der Waals surface area (Å²) in [5.41, 5.74) is -0.496. The van der Waals surface area contributed by atoms with Crippen LogP contribution >= 0.6 is 0 Å². The van der Waals surface area contributed by atoms with E-state index in [4.69, 9.17) is 4.74 Å². The van der Waals surface area contributed by atoms with Gasteiger partial charge in [-0.2, -0.15) is 4.98 Å². The molecule has 1 aliphatic heterocycles. The maximum Gasteiger partial charge on any atom is 0.351 e. The summed E-state index contributed by atoms with van der Waals surface area (Å²) in [6, 6.07) is 1.56. The lowest BCUT2D eigenvalue weighted by Gasteiger charge is -2.32. The molecule has 1 fully saturated rings. The van der Waals surface area contributed by atoms with Crippen LogP contribution in [0.3, 0.4) is 0 Å². The van der Waals surface area contributed by atoms with E-state index in [-0.39, 0.29) is 23.7 Å². The third kappa shape index (κ3) is 4.74. The molecule has 1 aromatic rings. The SMILES string of the molecule is CC(C)C=CC(=O)Nc1ccn([C@H]2CC[C@H](O)[C@@H](C)O2)c(=O)n1. The van der Waals surface area contributed by atoms with E-state index in [0.29, 0.717) is 12.8 Å². The number of carbonyl (C=O) groups is 1. The fourth-order valence-corrected chi connectivity index (χ4v) is 2.31. The summed E-state index contributed by atoms with van der Waals surface area (Å²) < 4.78 is 7.00. The molecule has 0 unspecified atom stereocenters. The van der Waals surface area contributed by atoms with Crippen molar-refractivity contribution in [2.24, 2.45) is 5.92 Å². The molecule has 7 nitrogen and oxygen atoms in total. The number of ether oxygens (including phenoxy) is 1. The monoisotopic (exact) mass is 321 g/mol. The molecule has 0 spiro atoms. The number of hydrogen-bond acceptors (Lipinski definition) is 5. The molecular weight excluding hydrogens is 298 g/mol. The van der Waals surface area contributed by atoms with Gasteiger partial charge in [0.15, 0.2) is 0 Å². The average molecular weight is 321 g/mol. The molecule has 0 radical (unpaired) electrons. The van der Waals surface area contributed by atoms with Crippen molar-refractivity contribution >= 4 is 11.7 Å². The average Bonchev–Trinajstić information content (AvgIpc) is 2.48. The molecule has 3 atom stereocenters. The van der Waals surface area contributed by atoms with Crippen LogP contribution in [-0.2, 0) is 9.53 Å². The highest BCUT2D eigenvalue weighted by Crippen LogP contribution is 2.25. The zero-order valence-electron chi connectivity index (χ0n) is 13.6. The minimum Gasteiger partial charge on any atom is -0.390 e. The van der Waals surface area contributed by atoms with Gasteiger partial charge in [0.25, 0.3) is 0 Å². The molecule has 1 amide bonds. The number of nitrogens with one attached hydrogen (secondary N) is 1. The van der Waals surface area contributed by atoms with Crippen LogP contribution in [0.25, 0.3) is 0 Å². The summed E-state index contributed by atoms with van der Waals surface area (Å²) in [6.07, 6.45) is 4.55. The number of nitrogens with zero attached hydrogens (tertiary/aromatic N) is 2. The number of aliphatic hydroxyl groups excluding tert-OH is 1. The van der Waals surface area contributed by atoms with Gasteiger partial charge in [0.05, 0.1) is 12.2 Å². The molecule has 2 N–H and O–H groups in total. The second-order valence-electron chi connectivity index (χ2n) is 6.04. The van der Waals surface area contributed by atoms with E-state index >= 15 is 0 Å². The fraction of sp³-hybridized carbons (Fsp3) is 0.562. The van der Waals surface area contributed by atoms with Gasteiger partial charge in [0.2, 0.25) is 5.91 Å². The van der Waals surface area contributed by atoms with Gasteiger partial charge >= 0.3 is 5.69 Å². The first-order valence-corrected chi connectivity index (χ1v) is 7.78. The molecule has 0 aliphatic carbocycles. The lowest BCUT2D eigenvalue weighted by molar-refractivity contribution is -0.139. The van der Waals surface area contributed by atoms with Crippen LogP contribution in [0.4, 0.5) is 5.82 Å². The van der Waals surface area contributed by atoms with Gasteiger partial charge in [-0.25, -0.2) is 4.79 Å². The Balaban J connectivity index is 2.06. The second kappa shape index (κ2) is 7.52. The van der Waals surface area contributed by atoms with Crippen LogP contribution in [-0.4, -0.2) is 32.8 Å². The number of rotatable bonds is 4. The maximum absolute atomic E-state index is 12.1. The summed E-state index contributed by atoms with van der Waals surface area (Å²) >= 11 is 0. The van der Waals surface area contributed by atoms with Crippen LogP contribution in [0.15, 0.2) is 29.2 Å². The molecule has 1 aromatic heterocycles. The number of hydrogen-bond donors (Lipinski definition) is 2. The van der Waals surface area contributed by atoms with Crippen molar-refractivity contribution in [2.75, 3.05) is 5.32 Å². The largest absolute Gasteiger partial charge is 0.390 e. The van der Waals surface area contributed by atoms with Gasteiger partial charge in [0, 0.05) is 6.20 Å². The van der Waals surface area contributed by atoms with E-state index in [1.165, 1.54) is 10.6 Å². The minimum absolute atomic E-state index is 0.202. The van der Waals surface area contributed by atoms with Crippen LogP contribution in [0.2, 0.25) is 0 Å². The summed E-state index contributed by atoms with van der Waals surface area (Å²) in [6.45, 7) is 5.70. The van der Waals surface area contributed by atoms with Gasteiger partial charge in [0.1, 0.15) is 12.0 Å². The fourth-order valence-electron chi connectivity index (χ4n) is 2.31. The third-order valence-corrected chi connectivity index (χ3v) is 3.65. The first-order chi connectivity index (χ1) is 10.9. The highest BCUT2D eigenvalue weighted by Gasteiger charge is 2.28. The van der Waals surface area contributed by atoms with Crippen molar-refractivity contribution in [3.8, 4) is 0 Å². The number of amides is 1. The van der Waals surface area contributed by atoms with Gasteiger partial charge in [-0.05, 0) is 37.8 Å². The normalized spacial score (nSPS) is 25.0. The van der Waals surface area contributed by atoms with Crippen LogP contribution in [0.5, 0.6) is 0 Å². The number of carbonyl (C=O) groups excluding carboxylic acids is 1.